The topological polar surface area (TPSA) is 114 Å². The first kappa shape index (κ1) is 16.4. The van der Waals surface area contributed by atoms with E-state index in [0.29, 0.717) is 24.3 Å². The number of aromatic nitrogens is 3. The lowest BCUT2D eigenvalue weighted by Crippen LogP contribution is -2.44. The minimum Gasteiger partial charge on any atom is -0.353 e. The number of fused-ring (bicyclic) bond motifs is 1. The maximum absolute atomic E-state index is 12.3. The molecule has 24 heavy (non-hydrogen) atoms. The highest BCUT2D eigenvalue weighted by Gasteiger charge is 2.24. The van der Waals surface area contributed by atoms with Crippen molar-refractivity contribution >= 4 is 17.5 Å². The highest BCUT2D eigenvalue weighted by molar-refractivity contribution is 5.93. The van der Waals surface area contributed by atoms with Gasteiger partial charge in [0.15, 0.2) is 5.65 Å². The molecule has 0 atom stereocenters. The number of carbonyl (C=O) groups is 2. The van der Waals surface area contributed by atoms with Gasteiger partial charge in [-0.1, -0.05) is 0 Å². The Balaban J connectivity index is 1.50. The monoisotopic (exact) mass is 330 g/mol. The zero-order valence-electron chi connectivity index (χ0n) is 13.4. The molecular weight excluding hydrogens is 308 g/mol. The molecule has 3 rings (SSSR count). The van der Waals surface area contributed by atoms with Crippen molar-refractivity contribution < 1.29 is 9.59 Å². The first-order valence-electron chi connectivity index (χ1n) is 8.26. The van der Waals surface area contributed by atoms with Gasteiger partial charge < -0.3 is 16.4 Å². The van der Waals surface area contributed by atoms with Crippen molar-refractivity contribution in [3.63, 3.8) is 0 Å². The van der Waals surface area contributed by atoms with E-state index < -0.39 is 0 Å². The fourth-order valence-corrected chi connectivity index (χ4v) is 3.01. The molecule has 0 aromatic carbocycles. The van der Waals surface area contributed by atoms with Crippen molar-refractivity contribution in [2.45, 2.75) is 44.2 Å². The van der Waals surface area contributed by atoms with E-state index in [9.17, 15) is 9.59 Å². The van der Waals surface area contributed by atoms with Gasteiger partial charge in [0.25, 0.3) is 5.91 Å². The van der Waals surface area contributed by atoms with Crippen LogP contribution in [0, 0.1) is 0 Å². The minimum atomic E-state index is -0.184. The van der Waals surface area contributed by atoms with Gasteiger partial charge in [0.2, 0.25) is 5.91 Å². The molecule has 0 aliphatic heterocycles. The standard InChI is InChI=1S/C16H22N6O2/c17-8-7-15(23)19-11-3-5-12(6-4-11)20-16(24)13-10-22-14(21-13)2-1-9-18-22/h1-2,9-12H,3-8,17H2,(H,19,23)(H,20,24). The van der Waals surface area contributed by atoms with E-state index in [1.807, 2.05) is 0 Å². The van der Waals surface area contributed by atoms with Gasteiger partial charge in [-0.05, 0) is 37.8 Å². The third kappa shape index (κ3) is 3.88. The number of nitrogens with two attached hydrogens (primary N) is 1. The quantitative estimate of drug-likeness (QED) is 0.726. The zero-order chi connectivity index (χ0) is 16.9. The van der Waals surface area contributed by atoms with E-state index in [-0.39, 0.29) is 23.9 Å². The fourth-order valence-electron chi connectivity index (χ4n) is 3.01. The average molecular weight is 330 g/mol. The van der Waals surface area contributed by atoms with Gasteiger partial charge in [-0.2, -0.15) is 5.10 Å². The summed E-state index contributed by atoms with van der Waals surface area (Å²) in [5, 5.41) is 10.1. The Morgan fingerprint density at radius 3 is 2.58 bits per heavy atom. The van der Waals surface area contributed by atoms with Gasteiger partial charge in [0, 0.05) is 31.2 Å². The van der Waals surface area contributed by atoms with Crippen LogP contribution < -0.4 is 16.4 Å². The normalized spacial score (nSPS) is 20.7. The van der Waals surface area contributed by atoms with Crippen LogP contribution in [0.25, 0.3) is 5.65 Å². The number of carbonyl (C=O) groups excluding carboxylic acids is 2. The summed E-state index contributed by atoms with van der Waals surface area (Å²) in [6.07, 6.45) is 7.02. The first-order chi connectivity index (χ1) is 11.7. The number of imidazole rings is 1. The smallest absolute Gasteiger partial charge is 0.271 e. The predicted molar refractivity (Wildman–Crippen MR) is 88.3 cm³/mol. The van der Waals surface area contributed by atoms with Crippen LogP contribution in [0.15, 0.2) is 24.5 Å². The molecule has 2 amide bonds. The SMILES string of the molecule is NCCC(=O)NC1CCC(NC(=O)c2cn3ncccc3n2)CC1. The largest absolute Gasteiger partial charge is 0.353 e. The molecule has 1 aliphatic rings. The zero-order valence-corrected chi connectivity index (χ0v) is 13.4. The molecule has 2 heterocycles. The Morgan fingerprint density at radius 2 is 1.92 bits per heavy atom. The lowest BCUT2D eigenvalue weighted by atomic mass is 9.91. The second kappa shape index (κ2) is 7.39. The molecule has 0 saturated heterocycles. The van der Waals surface area contributed by atoms with Crippen molar-refractivity contribution in [1.82, 2.24) is 25.2 Å². The van der Waals surface area contributed by atoms with Crippen LogP contribution in [0.4, 0.5) is 0 Å². The highest BCUT2D eigenvalue weighted by atomic mass is 16.2. The van der Waals surface area contributed by atoms with E-state index in [1.165, 1.54) is 0 Å². The third-order valence-corrected chi connectivity index (χ3v) is 4.27. The summed E-state index contributed by atoms with van der Waals surface area (Å²) in [7, 11) is 0. The summed E-state index contributed by atoms with van der Waals surface area (Å²) in [4.78, 5) is 28.2. The number of amides is 2. The summed E-state index contributed by atoms with van der Waals surface area (Å²) < 4.78 is 1.58. The fraction of sp³-hybridized carbons (Fsp3) is 0.500. The Morgan fingerprint density at radius 1 is 1.21 bits per heavy atom. The second-order valence-electron chi connectivity index (χ2n) is 6.08. The lowest BCUT2D eigenvalue weighted by molar-refractivity contribution is -0.121. The maximum atomic E-state index is 12.3. The molecule has 0 spiro atoms. The van der Waals surface area contributed by atoms with Crippen molar-refractivity contribution in [2.75, 3.05) is 6.54 Å². The number of nitrogens with one attached hydrogen (secondary N) is 2. The lowest BCUT2D eigenvalue weighted by Gasteiger charge is -2.29. The molecule has 0 unspecified atom stereocenters. The van der Waals surface area contributed by atoms with Crippen LogP contribution in [0.3, 0.4) is 0 Å². The Kier molecular flexibility index (Phi) is 5.05. The van der Waals surface area contributed by atoms with Crippen LogP contribution in [0.1, 0.15) is 42.6 Å². The van der Waals surface area contributed by atoms with Gasteiger partial charge in [0.1, 0.15) is 5.69 Å². The third-order valence-electron chi connectivity index (χ3n) is 4.27. The van der Waals surface area contributed by atoms with Gasteiger partial charge in [-0.15, -0.1) is 0 Å². The summed E-state index contributed by atoms with van der Waals surface area (Å²) >= 11 is 0. The van der Waals surface area contributed by atoms with E-state index in [0.717, 1.165) is 25.7 Å². The highest BCUT2D eigenvalue weighted by Crippen LogP contribution is 2.19. The van der Waals surface area contributed by atoms with E-state index in [2.05, 4.69) is 20.7 Å². The van der Waals surface area contributed by atoms with Crippen LogP contribution in [-0.2, 0) is 4.79 Å². The summed E-state index contributed by atoms with van der Waals surface area (Å²) in [6.45, 7) is 0.366. The molecule has 1 aliphatic carbocycles. The van der Waals surface area contributed by atoms with Crippen LogP contribution in [0.5, 0.6) is 0 Å². The summed E-state index contributed by atoms with van der Waals surface area (Å²) in [6, 6.07) is 3.87. The van der Waals surface area contributed by atoms with E-state index >= 15 is 0 Å². The molecular formula is C16H22N6O2. The first-order valence-corrected chi connectivity index (χ1v) is 8.26. The van der Waals surface area contributed by atoms with Crippen molar-refractivity contribution in [1.29, 1.82) is 0 Å². The molecule has 1 fully saturated rings. The molecule has 0 radical (unpaired) electrons. The van der Waals surface area contributed by atoms with Crippen molar-refractivity contribution in [3.8, 4) is 0 Å². The molecule has 8 heteroatoms. The molecule has 8 nitrogen and oxygen atoms in total. The average Bonchev–Trinajstić information content (AvgIpc) is 3.01. The molecule has 2 aromatic rings. The van der Waals surface area contributed by atoms with Crippen LogP contribution >= 0.6 is 0 Å². The Bertz CT molecular complexity index is 687. The van der Waals surface area contributed by atoms with Crippen molar-refractivity contribution in [2.24, 2.45) is 5.73 Å². The van der Waals surface area contributed by atoms with E-state index in [1.54, 1.807) is 29.0 Å². The summed E-state index contributed by atoms with van der Waals surface area (Å²) in [5.41, 5.74) is 6.39. The van der Waals surface area contributed by atoms with Gasteiger partial charge in [-0.25, -0.2) is 9.50 Å². The number of hydrogen-bond acceptors (Lipinski definition) is 5. The molecule has 2 aromatic heterocycles. The van der Waals surface area contributed by atoms with E-state index in [4.69, 9.17) is 5.73 Å². The Hall–Kier alpha value is -2.48. The molecule has 128 valence electrons. The molecule has 0 bridgehead atoms. The number of hydrogen-bond donors (Lipinski definition) is 3. The van der Waals surface area contributed by atoms with Crippen LogP contribution in [0.2, 0.25) is 0 Å². The second-order valence-corrected chi connectivity index (χ2v) is 6.08. The van der Waals surface area contributed by atoms with Gasteiger partial charge >= 0.3 is 0 Å². The van der Waals surface area contributed by atoms with Gasteiger partial charge in [0.05, 0.1) is 6.20 Å². The maximum Gasteiger partial charge on any atom is 0.271 e. The van der Waals surface area contributed by atoms with Crippen LogP contribution in [-0.4, -0.2) is 45.0 Å². The van der Waals surface area contributed by atoms with Crippen molar-refractivity contribution in [3.05, 3.63) is 30.2 Å². The predicted octanol–water partition coefficient (Wildman–Crippen LogP) is 0.235. The molecule has 1 saturated carbocycles. The number of nitrogens with zero attached hydrogens (tertiary/aromatic N) is 3. The Labute approximate surface area is 139 Å². The number of rotatable bonds is 5. The van der Waals surface area contributed by atoms with Gasteiger partial charge in [-0.3, -0.25) is 9.59 Å². The minimum absolute atomic E-state index is 0.00202. The molecule has 4 N–H and O–H groups in total. The summed E-state index contributed by atoms with van der Waals surface area (Å²) in [5.74, 6) is -0.182.